The molecule has 146 valence electrons. The summed E-state index contributed by atoms with van der Waals surface area (Å²) in [5, 5.41) is 0.0716. The van der Waals surface area contributed by atoms with Gasteiger partial charge < -0.3 is 9.64 Å². The van der Waals surface area contributed by atoms with Gasteiger partial charge in [-0.2, -0.15) is 0 Å². The smallest absolute Gasteiger partial charge is 0.410 e. The molecule has 1 fully saturated rings. The molecule has 1 saturated heterocycles. The van der Waals surface area contributed by atoms with Gasteiger partial charge in [-0.05, 0) is 37.5 Å². The summed E-state index contributed by atoms with van der Waals surface area (Å²) in [5.41, 5.74) is 2.75. The van der Waals surface area contributed by atoms with Crippen LogP contribution in [0.25, 0.3) is 0 Å². The van der Waals surface area contributed by atoms with Crippen molar-refractivity contribution in [1.29, 1.82) is 0 Å². The second-order valence-corrected chi connectivity index (χ2v) is 8.08. The number of benzene rings is 1. The van der Waals surface area contributed by atoms with E-state index < -0.39 is 0 Å². The van der Waals surface area contributed by atoms with Gasteiger partial charge >= 0.3 is 6.09 Å². The third kappa shape index (κ3) is 5.23. The van der Waals surface area contributed by atoms with Crippen molar-refractivity contribution in [1.82, 2.24) is 9.88 Å². The molecule has 2 heterocycles. The maximum absolute atomic E-state index is 12.6. The van der Waals surface area contributed by atoms with Crippen LogP contribution >= 0.6 is 11.8 Å². The lowest BCUT2D eigenvalue weighted by Gasteiger charge is -2.23. The van der Waals surface area contributed by atoms with Crippen LogP contribution in [0.4, 0.5) is 4.79 Å². The molecule has 2 atom stereocenters. The Bertz CT molecular complexity index is 841. The Morgan fingerprint density at radius 2 is 2.11 bits per heavy atom. The molecular formula is C22H24N2O3S. The highest BCUT2D eigenvalue weighted by molar-refractivity contribution is 8.14. The van der Waals surface area contributed by atoms with E-state index in [-0.39, 0.29) is 29.1 Å². The molecule has 0 saturated carbocycles. The number of carbonyl (C=O) groups is 2. The lowest BCUT2D eigenvalue weighted by atomic mass is 10.0. The van der Waals surface area contributed by atoms with E-state index in [4.69, 9.17) is 4.74 Å². The monoisotopic (exact) mass is 396 g/mol. The lowest BCUT2D eigenvalue weighted by Crippen LogP contribution is -2.37. The molecular weight excluding hydrogens is 372 g/mol. The van der Waals surface area contributed by atoms with Crippen molar-refractivity contribution >= 4 is 23.0 Å². The highest BCUT2D eigenvalue weighted by Gasteiger charge is 2.37. The van der Waals surface area contributed by atoms with Crippen molar-refractivity contribution in [2.24, 2.45) is 0 Å². The summed E-state index contributed by atoms with van der Waals surface area (Å²) in [6.45, 7) is 6.21. The average molecular weight is 397 g/mol. The van der Waals surface area contributed by atoms with Gasteiger partial charge in [0, 0.05) is 35.3 Å². The molecule has 0 spiro atoms. The first kappa shape index (κ1) is 20.1. The first-order valence-electron chi connectivity index (χ1n) is 9.28. The van der Waals surface area contributed by atoms with Crippen molar-refractivity contribution in [2.75, 3.05) is 13.2 Å². The van der Waals surface area contributed by atoms with Crippen LogP contribution in [0.15, 0.2) is 61.3 Å². The molecule has 0 aliphatic carbocycles. The van der Waals surface area contributed by atoms with E-state index in [0.717, 1.165) is 17.7 Å². The van der Waals surface area contributed by atoms with Crippen molar-refractivity contribution in [2.45, 2.75) is 31.1 Å². The van der Waals surface area contributed by atoms with Crippen molar-refractivity contribution in [3.63, 3.8) is 0 Å². The second-order valence-electron chi connectivity index (χ2n) is 6.81. The van der Waals surface area contributed by atoms with E-state index in [1.807, 2.05) is 49.4 Å². The van der Waals surface area contributed by atoms with E-state index in [1.165, 1.54) is 11.8 Å². The lowest BCUT2D eigenvalue weighted by molar-refractivity contribution is 0.107. The molecule has 0 N–H and O–H groups in total. The fourth-order valence-corrected chi connectivity index (χ4v) is 4.51. The van der Waals surface area contributed by atoms with Crippen LogP contribution < -0.4 is 0 Å². The summed E-state index contributed by atoms with van der Waals surface area (Å²) in [6, 6.07) is 13.2. The van der Waals surface area contributed by atoms with Crippen LogP contribution in [0.3, 0.4) is 0 Å². The number of amides is 1. The molecule has 28 heavy (non-hydrogen) atoms. The fraction of sp³-hybridized carbons (Fsp3) is 0.318. The van der Waals surface area contributed by atoms with Gasteiger partial charge in [0.2, 0.25) is 5.12 Å². The molecule has 0 bridgehead atoms. The normalized spacial score (nSPS) is 18.7. The number of carbonyl (C=O) groups excluding carboxylic acids is 2. The first-order chi connectivity index (χ1) is 13.6. The van der Waals surface area contributed by atoms with E-state index in [9.17, 15) is 9.59 Å². The van der Waals surface area contributed by atoms with E-state index in [2.05, 4.69) is 11.6 Å². The Labute approximate surface area is 169 Å². The van der Waals surface area contributed by atoms with Gasteiger partial charge in [-0.15, -0.1) is 0 Å². The quantitative estimate of drug-likeness (QED) is 0.683. The van der Waals surface area contributed by atoms with Gasteiger partial charge in [-0.1, -0.05) is 54.7 Å². The Kier molecular flexibility index (Phi) is 6.87. The molecule has 1 aromatic heterocycles. The minimum atomic E-state index is -0.356. The van der Waals surface area contributed by atoms with Crippen LogP contribution in [0.2, 0.25) is 0 Å². The van der Waals surface area contributed by atoms with Gasteiger partial charge in [0.05, 0.1) is 0 Å². The van der Waals surface area contributed by atoms with E-state index in [1.54, 1.807) is 17.2 Å². The number of aryl methyl sites for hydroxylation is 1. The highest BCUT2D eigenvalue weighted by atomic mass is 32.2. The Hall–Kier alpha value is -2.60. The van der Waals surface area contributed by atoms with Crippen molar-refractivity contribution in [3.05, 3.63) is 78.1 Å². The number of thioether (sulfide) groups is 1. The zero-order valence-corrected chi connectivity index (χ0v) is 16.7. The summed E-state index contributed by atoms with van der Waals surface area (Å²) < 4.78 is 5.27. The van der Waals surface area contributed by atoms with Crippen LogP contribution in [0.5, 0.6) is 0 Å². The average Bonchev–Trinajstić information content (AvgIpc) is 3.09. The summed E-state index contributed by atoms with van der Waals surface area (Å²) in [7, 11) is 0. The van der Waals surface area contributed by atoms with Crippen LogP contribution in [-0.2, 0) is 11.2 Å². The molecule has 5 nitrogen and oxygen atoms in total. The van der Waals surface area contributed by atoms with Gasteiger partial charge in [-0.25, -0.2) is 4.79 Å². The maximum Gasteiger partial charge on any atom is 0.410 e. The first-order valence-corrected chi connectivity index (χ1v) is 10.2. The fourth-order valence-electron chi connectivity index (χ4n) is 3.39. The highest BCUT2D eigenvalue weighted by Crippen LogP contribution is 2.32. The number of rotatable bonds is 6. The molecule has 2 unspecified atom stereocenters. The van der Waals surface area contributed by atoms with E-state index in [0.29, 0.717) is 18.5 Å². The molecule has 1 amide bonds. The molecule has 1 aliphatic rings. The maximum atomic E-state index is 12.6. The molecule has 1 aliphatic heterocycles. The Morgan fingerprint density at radius 1 is 1.32 bits per heavy atom. The number of hydrogen-bond donors (Lipinski definition) is 0. The standard InChI is InChI=1S/C22H24N2O3S/c1-3-11-27-22(26)24-15-20(28-21(25)18-7-5-4-6-8-18)14-19(24)13-17-9-10-23-16(2)12-17/h3-10,12,19-20H,1,11,13-15H2,2H3. The minimum Gasteiger partial charge on any atom is -0.445 e. The predicted molar refractivity (Wildman–Crippen MR) is 111 cm³/mol. The zero-order valence-electron chi connectivity index (χ0n) is 15.9. The van der Waals surface area contributed by atoms with Gasteiger partial charge in [-0.3, -0.25) is 9.78 Å². The minimum absolute atomic E-state index is 0.0137. The van der Waals surface area contributed by atoms with Crippen LogP contribution in [0, 0.1) is 6.92 Å². The number of ether oxygens (including phenoxy) is 1. The topological polar surface area (TPSA) is 59.5 Å². The van der Waals surface area contributed by atoms with Crippen LogP contribution in [0.1, 0.15) is 28.0 Å². The molecule has 2 aromatic rings. The second kappa shape index (κ2) is 9.55. The SMILES string of the molecule is C=CCOC(=O)N1CC(SC(=O)c2ccccc2)CC1Cc1ccnc(C)c1. The van der Waals surface area contributed by atoms with Crippen molar-refractivity contribution < 1.29 is 14.3 Å². The predicted octanol–water partition coefficient (Wildman–Crippen LogP) is 4.27. The van der Waals surface area contributed by atoms with Crippen molar-refractivity contribution in [3.8, 4) is 0 Å². The zero-order chi connectivity index (χ0) is 19.9. The Morgan fingerprint density at radius 3 is 2.82 bits per heavy atom. The van der Waals surface area contributed by atoms with Gasteiger partial charge in [0.15, 0.2) is 0 Å². The number of pyridine rings is 1. The van der Waals surface area contributed by atoms with Crippen LogP contribution in [-0.4, -0.2) is 45.5 Å². The summed E-state index contributed by atoms with van der Waals surface area (Å²) in [5.74, 6) is 0. The summed E-state index contributed by atoms with van der Waals surface area (Å²) in [4.78, 5) is 31.1. The number of likely N-dealkylation sites (tertiary alicyclic amines) is 1. The van der Waals surface area contributed by atoms with Gasteiger partial charge in [0.1, 0.15) is 6.61 Å². The number of aromatic nitrogens is 1. The molecule has 6 heteroatoms. The third-order valence-electron chi connectivity index (χ3n) is 4.65. The van der Waals surface area contributed by atoms with Gasteiger partial charge in [0.25, 0.3) is 0 Å². The molecule has 0 radical (unpaired) electrons. The molecule has 1 aromatic carbocycles. The summed E-state index contributed by atoms with van der Waals surface area (Å²) in [6.07, 6.45) is 4.44. The third-order valence-corrected chi connectivity index (χ3v) is 5.78. The molecule has 3 rings (SSSR count). The van der Waals surface area contributed by atoms with E-state index >= 15 is 0 Å². The number of nitrogens with zero attached hydrogens (tertiary/aromatic N) is 2. The Balaban J connectivity index is 1.71. The summed E-state index contributed by atoms with van der Waals surface area (Å²) >= 11 is 1.30. The number of hydrogen-bond acceptors (Lipinski definition) is 5. The largest absolute Gasteiger partial charge is 0.445 e.